The number of amides is 2. The Kier molecular flexibility index (Phi) is 6.05. The summed E-state index contributed by atoms with van der Waals surface area (Å²) in [5.74, 6) is 0.112. The second kappa shape index (κ2) is 7.89. The van der Waals surface area contributed by atoms with E-state index in [2.05, 4.69) is 0 Å². The van der Waals surface area contributed by atoms with Crippen molar-refractivity contribution in [2.45, 2.75) is 53.1 Å². The summed E-state index contributed by atoms with van der Waals surface area (Å²) in [6.45, 7) is 10.2. The Labute approximate surface area is 155 Å². The quantitative estimate of drug-likeness (QED) is 0.701. The lowest BCUT2D eigenvalue weighted by atomic mass is 10.0. The summed E-state index contributed by atoms with van der Waals surface area (Å²) in [6, 6.07) is 5.09. The molecule has 1 aromatic rings. The Morgan fingerprint density at radius 2 is 1.81 bits per heavy atom. The molecule has 0 saturated heterocycles. The average Bonchev–Trinajstić information content (AvgIpc) is 2.59. The van der Waals surface area contributed by atoms with E-state index in [0.717, 1.165) is 6.42 Å². The molecule has 0 atom stereocenters. The van der Waals surface area contributed by atoms with Gasteiger partial charge >= 0.3 is 0 Å². The number of anilines is 1. The molecular weight excluding hydrogens is 332 g/mol. The highest BCUT2D eigenvalue weighted by Gasteiger charge is 2.42. The van der Waals surface area contributed by atoms with Gasteiger partial charge in [0.1, 0.15) is 12.3 Å². The van der Waals surface area contributed by atoms with Gasteiger partial charge in [0, 0.05) is 25.1 Å². The molecule has 0 aromatic heterocycles. The third-order valence-corrected chi connectivity index (χ3v) is 4.58. The van der Waals surface area contributed by atoms with E-state index in [9.17, 15) is 14.4 Å². The fraction of sp³-hybridized carbons (Fsp3) is 0.550. The van der Waals surface area contributed by atoms with Gasteiger partial charge in [-0.05, 0) is 52.3 Å². The number of ketones is 1. The zero-order valence-corrected chi connectivity index (χ0v) is 16.3. The third kappa shape index (κ3) is 3.89. The van der Waals surface area contributed by atoms with Crippen LogP contribution in [0.2, 0.25) is 0 Å². The number of benzene rings is 1. The van der Waals surface area contributed by atoms with Crippen molar-refractivity contribution in [3.8, 4) is 5.75 Å². The Morgan fingerprint density at radius 3 is 2.38 bits per heavy atom. The molecule has 142 valence electrons. The van der Waals surface area contributed by atoms with Crippen LogP contribution in [0.4, 0.5) is 5.69 Å². The summed E-state index contributed by atoms with van der Waals surface area (Å²) >= 11 is 0. The maximum Gasteiger partial charge on any atom is 0.271 e. The smallest absolute Gasteiger partial charge is 0.271 e. The standard InChI is InChI=1S/C20H28N2O4/c1-6-9-16(23)14-10-11-17-15(12-14)22(19(25)20(4,5)26-17)13-18(24)21(7-2)8-3/h10-12H,6-9,13H2,1-5H3. The molecule has 0 aliphatic carbocycles. The van der Waals surface area contributed by atoms with E-state index < -0.39 is 5.60 Å². The van der Waals surface area contributed by atoms with Crippen molar-refractivity contribution in [2.75, 3.05) is 24.5 Å². The van der Waals surface area contributed by atoms with Gasteiger partial charge in [-0.2, -0.15) is 0 Å². The van der Waals surface area contributed by atoms with Gasteiger partial charge in [-0.15, -0.1) is 0 Å². The minimum absolute atomic E-state index is 0.0163. The summed E-state index contributed by atoms with van der Waals surface area (Å²) < 4.78 is 5.82. The lowest BCUT2D eigenvalue weighted by molar-refractivity contribution is -0.136. The van der Waals surface area contributed by atoms with Crippen LogP contribution in [0.25, 0.3) is 0 Å². The summed E-state index contributed by atoms with van der Waals surface area (Å²) in [7, 11) is 0. The zero-order chi connectivity index (χ0) is 19.5. The maximum absolute atomic E-state index is 12.9. The van der Waals surface area contributed by atoms with Crippen LogP contribution < -0.4 is 9.64 Å². The Balaban J connectivity index is 2.43. The fourth-order valence-corrected chi connectivity index (χ4v) is 3.08. The average molecular weight is 360 g/mol. The van der Waals surface area contributed by atoms with Gasteiger partial charge in [-0.25, -0.2) is 0 Å². The Hall–Kier alpha value is -2.37. The van der Waals surface area contributed by atoms with Gasteiger partial charge in [0.2, 0.25) is 5.91 Å². The SMILES string of the molecule is CCCC(=O)c1ccc2c(c1)N(CC(=O)N(CC)CC)C(=O)C(C)(C)O2. The van der Waals surface area contributed by atoms with Crippen molar-refractivity contribution in [2.24, 2.45) is 0 Å². The molecule has 1 aliphatic heterocycles. The van der Waals surface area contributed by atoms with Gasteiger partial charge in [0.25, 0.3) is 5.91 Å². The van der Waals surface area contributed by atoms with E-state index in [1.807, 2.05) is 20.8 Å². The predicted octanol–water partition coefficient (Wildman–Crippen LogP) is 3.04. The number of carbonyl (C=O) groups excluding carboxylic acids is 3. The summed E-state index contributed by atoms with van der Waals surface area (Å²) in [4.78, 5) is 40.9. The van der Waals surface area contributed by atoms with Crippen LogP contribution in [0.1, 0.15) is 57.8 Å². The second-order valence-electron chi connectivity index (χ2n) is 6.93. The highest BCUT2D eigenvalue weighted by atomic mass is 16.5. The number of hydrogen-bond donors (Lipinski definition) is 0. The second-order valence-corrected chi connectivity index (χ2v) is 6.93. The summed E-state index contributed by atoms with van der Waals surface area (Å²) in [5, 5.41) is 0. The molecule has 6 nitrogen and oxygen atoms in total. The molecule has 1 aromatic carbocycles. The Bertz CT molecular complexity index is 708. The number of Topliss-reactive ketones (excluding diaryl/α,β-unsaturated/α-hetero) is 1. The van der Waals surface area contributed by atoms with Gasteiger partial charge in [0.05, 0.1) is 5.69 Å². The molecule has 0 bridgehead atoms. The topological polar surface area (TPSA) is 66.9 Å². The Morgan fingerprint density at radius 1 is 1.15 bits per heavy atom. The van der Waals surface area contributed by atoms with E-state index in [1.165, 1.54) is 4.90 Å². The van der Waals surface area contributed by atoms with E-state index >= 15 is 0 Å². The monoisotopic (exact) mass is 360 g/mol. The number of ether oxygens (including phenoxy) is 1. The first-order valence-electron chi connectivity index (χ1n) is 9.21. The number of fused-ring (bicyclic) bond motifs is 1. The van der Waals surface area contributed by atoms with Gasteiger partial charge < -0.3 is 9.64 Å². The maximum atomic E-state index is 12.9. The van der Waals surface area contributed by atoms with Crippen molar-refractivity contribution < 1.29 is 19.1 Å². The lowest BCUT2D eigenvalue weighted by Crippen LogP contribution is -2.55. The zero-order valence-electron chi connectivity index (χ0n) is 16.3. The molecule has 6 heteroatoms. The van der Waals surface area contributed by atoms with Crippen LogP contribution in [-0.2, 0) is 9.59 Å². The van der Waals surface area contributed by atoms with E-state index in [1.54, 1.807) is 36.9 Å². The van der Waals surface area contributed by atoms with Crippen LogP contribution >= 0.6 is 0 Å². The molecule has 0 saturated carbocycles. The largest absolute Gasteiger partial charge is 0.476 e. The first-order chi connectivity index (χ1) is 12.2. The molecule has 0 N–H and O–H groups in total. The lowest BCUT2D eigenvalue weighted by Gasteiger charge is -2.39. The first kappa shape index (κ1) is 19.9. The number of rotatable bonds is 7. The van der Waals surface area contributed by atoms with E-state index in [4.69, 9.17) is 4.74 Å². The fourth-order valence-electron chi connectivity index (χ4n) is 3.08. The van der Waals surface area contributed by atoms with Gasteiger partial charge in [-0.3, -0.25) is 19.3 Å². The molecule has 2 amide bonds. The van der Waals surface area contributed by atoms with Crippen molar-refractivity contribution in [3.05, 3.63) is 23.8 Å². The van der Waals surface area contributed by atoms with Crippen molar-refractivity contribution in [1.29, 1.82) is 0 Å². The van der Waals surface area contributed by atoms with Crippen LogP contribution in [0.15, 0.2) is 18.2 Å². The van der Waals surface area contributed by atoms with Crippen molar-refractivity contribution in [1.82, 2.24) is 4.90 Å². The molecule has 0 unspecified atom stereocenters. The molecule has 2 rings (SSSR count). The van der Waals surface area contributed by atoms with Gasteiger partial charge in [-0.1, -0.05) is 6.92 Å². The summed E-state index contributed by atoms with van der Waals surface area (Å²) in [6.07, 6.45) is 1.19. The number of hydrogen-bond acceptors (Lipinski definition) is 4. The molecule has 0 fully saturated rings. The molecule has 0 radical (unpaired) electrons. The van der Waals surface area contributed by atoms with Crippen LogP contribution in [0.3, 0.4) is 0 Å². The van der Waals surface area contributed by atoms with Gasteiger partial charge in [0.15, 0.2) is 11.4 Å². The molecule has 26 heavy (non-hydrogen) atoms. The minimum atomic E-state index is -1.06. The molecule has 1 heterocycles. The summed E-state index contributed by atoms with van der Waals surface area (Å²) in [5.41, 5.74) is -0.0512. The minimum Gasteiger partial charge on any atom is -0.476 e. The van der Waals surface area contributed by atoms with Crippen molar-refractivity contribution >= 4 is 23.3 Å². The normalized spacial score (nSPS) is 15.3. The first-order valence-corrected chi connectivity index (χ1v) is 9.21. The molecular formula is C20H28N2O4. The molecule has 0 spiro atoms. The van der Waals surface area contributed by atoms with Crippen molar-refractivity contribution in [3.63, 3.8) is 0 Å². The highest BCUT2D eigenvalue weighted by molar-refractivity contribution is 6.07. The van der Waals surface area contributed by atoms with E-state index in [0.29, 0.717) is 36.5 Å². The molecule has 1 aliphatic rings. The highest BCUT2D eigenvalue weighted by Crippen LogP contribution is 2.38. The van der Waals surface area contributed by atoms with Crippen LogP contribution in [0.5, 0.6) is 5.75 Å². The number of carbonyl (C=O) groups is 3. The number of likely N-dealkylation sites (N-methyl/N-ethyl adjacent to an activating group) is 1. The third-order valence-electron chi connectivity index (χ3n) is 4.58. The number of nitrogens with zero attached hydrogens (tertiary/aromatic N) is 2. The van der Waals surface area contributed by atoms with Crippen LogP contribution in [0, 0.1) is 0 Å². The van der Waals surface area contributed by atoms with Crippen LogP contribution in [-0.4, -0.2) is 47.7 Å². The predicted molar refractivity (Wildman–Crippen MR) is 101 cm³/mol. The van der Waals surface area contributed by atoms with E-state index in [-0.39, 0.29) is 24.1 Å².